The molecule has 0 aromatic heterocycles. The molecule has 0 aromatic carbocycles. The fraction of sp³-hybridized carbons (Fsp3) is 0.941. The van der Waals surface area contributed by atoms with E-state index in [4.69, 9.17) is 5.73 Å². The molecular formula is C17H32N2O. The first-order valence-electron chi connectivity index (χ1n) is 8.65. The lowest BCUT2D eigenvalue weighted by molar-refractivity contribution is -0.129. The molecular weight excluding hydrogens is 248 g/mol. The molecule has 2 saturated carbocycles. The summed E-state index contributed by atoms with van der Waals surface area (Å²) in [7, 11) is 0. The van der Waals surface area contributed by atoms with Gasteiger partial charge in [0.05, 0.1) is 5.54 Å². The highest BCUT2D eigenvalue weighted by molar-refractivity contribution is 5.86. The molecule has 0 radical (unpaired) electrons. The highest BCUT2D eigenvalue weighted by Crippen LogP contribution is 2.32. The zero-order valence-electron chi connectivity index (χ0n) is 13.3. The van der Waals surface area contributed by atoms with Gasteiger partial charge in [-0.1, -0.05) is 46.0 Å². The minimum atomic E-state index is -0.611. The number of hydrogen-bond acceptors (Lipinski definition) is 2. The van der Waals surface area contributed by atoms with Gasteiger partial charge in [-0.15, -0.1) is 0 Å². The fourth-order valence-electron chi connectivity index (χ4n) is 4.20. The second kappa shape index (κ2) is 6.93. The van der Waals surface area contributed by atoms with E-state index in [0.29, 0.717) is 17.9 Å². The van der Waals surface area contributed by atoms with Crippen molar-refractivity contribution >= 4 is 5.91 Å². The number of rotatable bonds is 4. The smallest absolute Gasteiger partial charge is 0.240 e. The fourth-order valence-corrected chi connectivity index (χ4v) is 4.20. The highest BCUT2D eigenvalue weighted by Gasteiger charge is 2.39. The number of carbonyl (C=O) groups is 1. The van der Waals surface area contributed by atoms with Gasteiger partial charge in [0.15, 0.2) is 0 Å². The Morgan fingerprint density at radius 2 is 1.95 bits per heavy atom. The average molecular weight is 280 g/mol. The van der Waals surface area contributed by atoms with Crippen LogP contribution in [-0.2, 0) is 4.79 Å². The second-order valence-corrected chi connectivity index (χ2v) is 7.24. The lowest BCUT2D eigenvalue weighted by Gasteiger charge is -2.38. The predicted molar refractivity (Wildman–Crippen MR) is 83.3 cm³/mol. The number of hydrogen-bond donors (Lipinski definition) is 2. The van der Waals surface area contributed by atoms with Crippen LogP contribution in [0, 0.1) is 11.8 Å². The molecule has 0 saturated heterocycles. The first-order chi connectivity index (χ1) is 9.55. The molecule has 2 aliphatic carbocycles. The van der Waals surface area contributed by atoms with Gasteiger partial charge in [-0.3, -0.25) is 4.79 Å². The molecule has 3 heteroatoms. The van der Waals surface area contributed by atoms with E-state index in [0.717, 1.165) is 25.7 Å². The Balaban J connectivity index is 1.93. The standard InChI is InChI=1S/C17H32N2O/c1-3-15(14-9-5-4-6-10-14)19-16(20)17(18)11-7-8-13(2)12-17/h13-15H,3-12,18H2,1-2H3,(H,19,20). The van der Waals surface area contributed by atoms with Crippen molar-refractivity contribution in [2.45, 2.75) is 89.6 Å². The highest BCUT2D eigenvalue weighted by atomic mass is 16.2. The zero-order valence-corrected chi connectivity index (χ0v) is 13.3. The van der Waals surface area contributed by atoms with Crippen LogP contribution in [0.1, 0.15) is 78.1 Å². The predicted octanol–water partition coefficient (Wildman–Crippen LogP) is 3.37. The van der Waals surface area contributed by atoms with Gasteiger partial charge in [0.2, 0.25) is 5.91 Å². The van der Waals surface area contributed by atoms with E-state index in [1.54, 1.807) is 0 Å². The Bertz CT molecular complexity index is 325. The Labute approximate surface area is 124 Å². The molecule has 0 aliphatic heterocycles. The van der Waals surface area contributed by atoms with Crippen LogP contribution in [0.25, 0.3) is 0 Å². The minimum absolute atomic E-state index is 0.112. The van der Waals surface area contributed by atoms with E-state index in [1.165, 1.54) is 38.5 Å². The molecule has 0 bridgehead atoms. The summed E-state index contributed by atoms with van der Waals surface area (Å²) in [5.41, 5.74) is 5.80. The van der Waals surface area contributed by atoms with Gasteiger partial charge in [-0.25, -0.2) is 0 Å². The van der Waals surface area contributed by atoms with Gasteiger partial charge in [0.1, 0.15) is 0 Å². The summed E-state index contributed by atoms with van der Waals surface area (Å²) in [4.78, 5) is 12.6. The van der Waals surface area contributed by atoms with Crippen LogP contribution in [0.3, 0.4) is 0 Å². The molecule has 3 nitrogen and oxygen atoms in total. The summed E-state index contributed by atoms with van der Waals surface area (Å²) < 4.78 is 0. The Hall–Kier alpha value is -0.570. The molecule has 2 rings (SSSR count). The maximum Gasteiger partial charge on any atom is 0.240 e. The average Bonchev–Trinajstić information content (AvgIpc) is 2.45. The monoisotopic (exact) mass is 280 g/mol. The zero-order chi connectivity index (χ0) is 14.6. The molecule has 1 amide bonds. The van der Waals surface area contributed by atoms with Crippen LogP contribution in [0.2, 0.25) is 0 Å². The van der Waals surface area contributed by atoms with Crippen molar-refractivity contribution in [1.29, 1.82) is 0 Å². The first kappa shape index (κ1) is 15.8. The van der Waals surface area contributed by atoms with Crippen molar-refractivity contribution in [2.24, 2.45) is 17.6 Å². The SMILES string of the molecule is CCC(NC(=O)C1(N)CCCC(C)C1)C1CCCCC1. The molecule has 3 atom stereocenters. The van der Waals surface area contributed by atoms with Gasteiger partial charge in [0.25, 0.3) is 0 Å². The normalized spacial score (nSPS) is 33.6. The summed E-state index contributed by atoms with van der Waals surface area (Å²) in [6, 6.07) is 0.334. The molecule has 2 aliphatic rings. The summed E-state index contributed by atoms with van der Waals surface area (Å²) in [6.45, 7) is 4.40. The lowest BCUT2D eigenvalue weighted by atomic mass is 9.76. The molecule has 3 unspecified atom stereocenters. The van der Waals surface area contributed by atoms with Gasteiger partial charge < -0.3 is 11.1 Å². The number of carbonyl (C=O) groups excluding carboxylic acids is 1. The molecule has 3 N–H and O–H groups in total. The maximum absolute atomic E-state index is 12.6. The number of amides is 1. The number of nitrogens with one attached hydrogen (secondary N) is 1. The molecule has 0 aromatic rings. The summed E-state index contributed by atoms with van der Waals surface area (Å²) in [5, 5.41) is 3.30. The van der Waals surface area contributed by atoms with Crippen LogP contribution in [0.5, 0.6) is 0 Å². The van der Waals surface area contributed by atoms with Gasteiger partial charge in [0, 0.05) is 6.04 Å². The van der Waals surface area contributed by atoms with Gasteiger partial charge >= 0.3 is 0 Å². The minimum Gasteiger partial charge on any atom is -0.352 e. The molecule has 116 valence electrons. The van der Waals surface area contributed by atoms with E-state index in [9.17, 15) is 4.79 Å². The Morgan fingerprint density at radius 3 is 2.55 bits per heavy atom. The first-order valence-corrected chi connectivity index (χ1v) is 8.65. The quantitative estimate of drug-likeness (QED) is 0.829. The molecule has 20 heavy (non-hydrogen) atoms. The Kier molecular flexibility index (Phi) is 5.48. The van der Waals surface area contributed by atoms with Crippen LogP contribution >= 0.6 is 0 Å². The van der Waals surface area contributed by atoms with Crippen molar-refractivity contribution in [3.63, 3.8) is 0 Å². The van der Waals surface area contributed by atoms with Gasteiger partial charge in [-0.2, -0.15) is 0 Å². The van der Waals surface area contributed by atoms with Crippen LogP contribution in [0.15, 0.2) is 0 Å². The maximum atomic E-state index is 12.6. The Morgan fingerprint density at radius 1 is 1.25 bits per heavy atom. The molecule has 0 heterocycles. The van der Waals surface area contributed by atoms with E-state index < -0.39 is 5.54 Å². The summed E-state index contributed by atoms with van der Waals surface area (Å²) >= 11 is 0. The van der Waals surface area contributed by atoms with E-state index in [-0.39, 0.29) is 5.91 Å². The van der Waals surface area contributed by atoms with Crippen molar-refractivity contribution in [1.82, 2.24) is 5.32 Å². The molecule has 2 fully saturated rings. The van der Waals surface area contributed by atoms with Crippen LogP contribution in [-0.4, -0.2) is 17.5 Å². The van der Waals surface area contributed by atoms with Crippen molar-refractivity contribution in [3.05, 3.63) is 0 Å². The third-order valence-electron chi connectivity index (χ3n) is 5.46. The third kappa shape index (κ3) is 3.75. The third-order valence-corrected chi connectivity index (χ3v) is 5.46. The van der Waals surface area contributed by atoms with Crippen molar-refractivity contribution in [2.75, 3.05) is 0 Å². The van der Waals surface area contributed by atoms with Crippen molar-refractivity contribution < 1.29 is 4.79 Å². The number of nitrogens with two attached hydrogens (primary N) is 1. The van der Waals surface area contributed by atoms with E-state index >= 15 is 0 Å². The van der Waals surface area contributed by atoms with Gasteiger partial charge in [-0.05, 0) is 43.9 Å². The molecule has 0 spiro atoms. The van der Waals surface area contributed by atoms with Crippen LogP contribution in [0.4, 0.5) is 0 Å². The van der Waals surface area contributed by atoms with Crippen LogP contribution < -0.4 is 11.1 Å². The lowest BCUT2D eigenvalue weighted by Crippen LogP contribution is -2.59. The summed E-state index contributed by atoms with van der Waals surface area (Å²) in [6.07, 6.45) is 11.6. The largest absolute Gasteiger partial charge is 0.352 e. The van der Waals surface area contributed by atoms with Crippen molar-refractivity contribution in [3.8, 4) is 0 Å². The van der Waals surface area contributed by atoms with E-state index in [2.05, 4.69) is 19.2 Å². The topological polar surface area (TPSA) is 55.1 Å². The second-order valence-electron chi connectivity index (χ2n) is 7.24. The summed E-state index contributed by atoms with van der Waals surface area (Å²) in [5.74, 6) is 1.36. The van der Waals surface area contributed by atoms with E-state index in [1.807, 2.05) is 0 Å².